The number of amides is 2. The Bertz CT molecular complexity index is 1610. The van der Waals surface area contributed by atoms with E-state index in [9.17, 15) is 28.1 Å². The van der Waals surface area contributed by atoms with E-state index >= 15 is 0 Å². The maximum Gasteiger partial charge on any atom is 0.273 e. The Morgan fingerprint density at radius 1 is 1.05 bits per heavy atom. The van der Waals surface area contributed by atoms with Crippen LogP contribution < -0.4 is 14.4 Å². The second-order valence-electron chi connectivity index (χ2n) is 11.2. The highest BCUT2D eigenvalue weighted by Gasteiger charge is 2.35. The summed E-state index contributed by atoms with van der Waals surface area (Å²) < 4.78 is 34.3. The van der Waals surface area contributed by atoms with Gasteiger partial charge in [0.25, 0.3) is 15.7 Å². The monoisotopic (exact) mass is 644 g/mol. The zero-order chi connectivity index (χ0) is 32.8. The molecule has 0 aliphatic carbocycles. The number of halogens is 1. The highest BCUT2D eigenvalue weighted by molar-refractivity contribution is 7.92. The summed E-state index contributed by atoms with van der Waals surface area (Å²) in [6.07, 6.45) is 0.251. The molecule has 0 radical (unpaired) electrons. The quantitative estimate of drug-likeness (QED) is 0.203. The number of benzene rings is 3. The van der Waals surface area contributed by atoms with Crippen LogP contribution in [0.5, 0.6) is 5.75 Å². The zero-order valence-electron chi connectivity index (χ0n) is 25.5. The van der Waals surface area contributed by atoms with Gasteiger partial charge in [-0.3, -0.25) is 24.0 Å². The molecule has 3 aromatic rings. The van der Waals surface area contributed by atoms with Gasteiger partial charge in [0.2, 0.25) is 11.8 Å². The molecular formula is C31H37ClN4O7S. The molecule has 1 atom stereocenters. The van der Waals surface area contributed by atoms with Crippen molar-refractivity contribution < 1.29 is 27.7 Å². The second kappa shape index (κ2) is 14.1. The molecular weight excluding hydrogens is 608 g/mol. The maximum absolute atomic E-state index is 14.2. The van der Waals surface area contributed by atoms with E-state index in [2.05, 4.69) is 5.32 Å². The van der Waals surface area contributed by atoms with Crippen molar-refractivity contribution in [3.8, 4) is 5.75 Å². The molecule has 1 unspecified atom stereocenters. The van der Waals surface area contributed by atoms with Crippen molar-refractivity contribution in [3.05, 3.63) is 93.0 Å². The van der Waals surface area contributed by atoms with Gasteiger partial charge in [0, 0.05) is 28.7 Å². The Balaban J connectivity index is 2.13. The molecule has 0 spiro atoms. The zero-order valence-corrected chi connectivity index (χ0v) is 27.1. The number of nitrogens with zero attached hydrogens (tertiary/aromatic N) is 3. The van der Waals surface area contributed by atoms with Gasteiger partial charge in [-0.05, 0) is 82.1 Å². The van der Waals surface area contributed by atoms with E-state index in [0.29, 0.717) is 16.3 Å². The molecule has 3 aromatic carbocycles. The average Bonchev–Trinajstić information content (AvgIpc) is 2.95. The van der Waals surface area contributed by atoms with Gasteiger partial charge in [-0.15, -0.1) is 0 Å². The molecule has 0 fully saturated rings. The minimum atomic E-state index is -4.51. The lowest BCUT2D eigenvalue weighted by molar-refractivity contribution is -0.385. The topological polar surface area (TPSA) is 139 Å². The predicted octanol–water partition coefficient (Wildman–Crippen LogP) is 5.48. The number of rotatable bonds is 12. The highest BCUT2D eigenvalue weighted by Crippen LogP contribution is 2.30. The lowest BCUT2D eigenvalue weighted by Crippen LogP contribution is -2.55. The first-order chi connectivity index (χ1) is 20.6. The fourth-order valence-electron chi connectivity index (χ4n) is 4.51. The van der Waals surface area contributed by atoms with Crippen molar-refractivity contribution in [2.24, 2.45) is 0 Å². The van der Waals surface area contributed by atoms with Crippen molar-refractivity contribution in [3.63, 3.8) is 0 Å². The van der Waals surface area contributed by atoms with Gasteiger partial charge in [-0.2, -0.15) is 0 Å². The summed E-state index contributed by atoms with van der Waals surface area (Å²) in [7, 11) is -3.05. The van der Waals surface area contributed by atoms with E-state index in [0.717, 1.165) is 10.4 Å². The Morgan fingerprint density at radius 2 is 1.66 bits per heavy atom. The first-order valence-electron chi connectivity index (χ1n) is 13.8. The van der Waals surface area contributed by atoms with E-state index in [-0.39, 0.29) is 34.8 Å². The number of ether oxygens (including phenoxy) is 1. The second-order valence-corrected chi connectivity index (χ2v) is 13.5. The third kappa shape index (κ3) is 8.48. The third-order valence-corrected chi connectivity index (χ3v) is 8.78. The molecule has 1 N–H and O–H groups in total. The Labute approximate surface area is 263 Å². The number of carbonyl (C=O) groups excluding carboxylic acids is 2. The van der Waals surface area contributed by atoms with Crippen molar-refractivity contribution in [1.82, 2.24) is 10.2 Å². The van der Waals surface area contributed by atoms with Crippen molar-refractivity contribution in [2.45, 2.75) is 64.1 Å². The van der Waals surface area contributed by atoms with Crippen LogP contribution in [-0.4, -0.2) is 55.3 Å². The van der Waals surface area contributed by atoms with Crippen LogP contribution in [0.1, 0.15) is 45.2 Å². The summed E-state index contributed by atoms with van der Waals surface area (Å²) in [4.78, 5) is 39.5. The average molecular weight is 645 g/mol. The standard InChI is InChI=1S/C31H37ClN4O7S/c1-7-27(30(38)33-31(3,4)5)34(19-22-9-11-23(32)12-10-22)29(37)20-35(24-13-15-25(43-6)16-14-24)44(41,42)26-17-8-21(2)28(18-26)36(39)40/h8-18,27H,7,19-20H2,1-6H3,(H,33,38). The summed E-state index contributed by atoms with van der Waals surface area (Å²) in [5.74, 6) is -0.593. The molecule has 11 nitrogen and oxygen atoms in total. The van der Waals surface area contributed by atoms with Crippen LogP contribution in [0.2, 0.25) is 5.02 Å². The minimum Gasteiger partial charge on any atom is -0.497 e. The van der Waals surface area contributed by atoms with Crippen LogP contribution >= 0.6 is 11.6 Å². The first-order valence-corrected chi connectivity index (χ1v) is 15.7. The Kier molecular flexibility index (Phi) is 11.0. The number of carbonyl (C=O) groups is 2. The van der Waals surface area contributed by atoms with Gasteiger partial charge >= 0.3 is 0 Å². The number of hydrogen-bond acceptors (Lipinski definition) is 7. The molecule has 0 heterocycles. The molecule has 0 bridgehead atoms. The van der Waals surface area contributed by atoms with E-state index < -0.39 is 44.9 Å². The summed E-state index contributed by atoms with van der Waals surface area (Å²) in [6, 6.07) is 15.4. The number of nitro groups is 1. The van der Waals surface area contributed by atoms with Crippen LogP contribution in [0.3, 0.4) is 0 Å². The molecule has 236 valence electrons. The molecule has 44 heavy (non-hydrogen) atoms. The predicted molar refractivity (Wildman–Crippen MR) is 169 cm³/mol. The van der Waals surface area contributed by atoms with E-state index in [1.54, 1.807) is 31.2 Å². The van der Waals surface area contributed by atoms with Gasteiger partial charge in [0.15, 0.2) is 0 Å². The van der Waals surface area contributed by atoms with Gasteiger partial charge in [-0.1, -0.05) is 36.7 Å². The first kappa shape index (κ1) is 34.3. The number of nitro benzene ring substituents is 1. The van der Waals surface area contributed by atoms with E-state index in [1.807, 2.05) is 20.8 Å². The van der Waals surface area contributed by atoms with Crippen LogP contribution in [-0.2, 0) is 26.2 Å². The summed E-state index contributed by atoms with van der Waals surface area (Å²) in [6.45, 7) is 8.03. The lowest BCUT2D eigenvalue weighted by Gasteiger charge is -2.34. The maximum atomic E-state index is 14.2. The third-order valence-electron chi connectivity index (χ3n) is 6.75. The van der Waals surface area contributed by atoms with E-state index in [1.165, 1.54) is 55.3 Å². The largest absolute Gasteiger partial charge is 0.497 e. The molecule has 2 amide bonds. The molecule has 0 saturated carbocycles. The van der Waals surface area contributed by atoms with Gasteiger partial charge < -0.3 is 15.0 Å². The van der Waals surface area contributed by atoms with Crippen molar-refractivity contribution >= 4 is 44.8 Å². The minimum absolute atomic E-state index is 0.00141. The number of aryl methyl sites for hydroxylation is 1. The van der Waals surface area contributed by atoms with Crippen LogP contribution in [0, 0.1) is 17.0 Å². The number of hydrogen-bond donors (Lipinski definition) is 1. The molecule has 0 aliphatic heterocycles. The summed E-state index contributed by atoms with van der Waals surface area (Å²) in [5, 5.41) is 15.0. The molecule has 13 heteroatoms. The number of nitrogens with one attached hydrogen (secondary N) is 1. The van der Waals surface area contributed by atoms with Crippen molar-refractivity contribution in [1.29, 1.82) is 0 Å². The summed E-state index contributed by atoms with van der Waals surface area (Å²) in [5.41, 5.74) is 0.129. The molecule has 3 rings (SSSR count). The number of anilines is 1. The molecule has 0 aromatic heterocycles. The van der Waals surface area contributed by atoms with Gasteiger partial charge in [0.05, 0.1) is 22.6 Å². The van der Waals surface area contributed by atoms with Crippen LogP contribution in [0.4, 0.5) is 11.4 Å². The summed E-state index contributed by atoms with van der Waals surface area (Å²) >= 11 is 6.06. The van der Waals surface area contributed by atoms with Gasteiger partial charge in [0.1, 0.15) is 18.3 Å². The van der Waals surface area contributed by atoms with E-state index in [4.69, 9.17) is 16.3 Å². The Hall–Kier alpha value is -4.16. The smallest absolute Gasteiger partial charge is 0.273 e. The molecule has 0 saturated heterocycles. The number of sulfonamides is 1. The number of methoxy groups -OCH3 is 1. The van der Waals surface area contributed by atoms with Gasteiger partial charge in [-0.25, -0.2) is 8.42 Å². The van der Waals surface area contributed by atoms with Crippen molar-refractivity contribution in [2.75, 3.05) is 18.0 Å². The van der Waals surface area contributed by atoms with Crippen LogP contribution in [0.15, 0.2) is 71.6 Å². The van der Waals surface area contributed by atoms with Crippen LogP contribution in [0.25, 0.3) is 0 Å². The Morgan fingerprint density at radius 3 is 2.18 bits per heavy atom. The fourth-order valence-corrected chi connectivity index (χ4v) is 6.07. The fraction of sp³-hybridized carbons (Fsp3) is 0.355. The molecule has 0 aliphatic rings. The lowest BCUT2D eigenvalue weighted by atomic mass is 10.1. The highest BCUT2D eigenvalue weighted by atomic mass is 35.5. The SMILES string of the molecule is CCC(C(=O)NC(C)(C)C)N(Cc1ccc(Cl)cc1)C(=O)CN(c1ccc(OC)cc1)S(=O)(=O)c1ccc(C)c([N+](=O)[O-])c1. The normalized spacial score (nSPS) is 12.2.